The number of benzene rings is 2. The van der Waals surface area contributed by atoms with Crippen LogP contribution in [-0.2, 0) is 22.6 Å². The van der Waals surface area contributed by atoms with E-state index in [1.165, 1.54) is 42.8 Å². The molecule has 1 N–H and O–H groups in total. The molecule has 1 fully saturated rings. The van der Waals surface area contributed by atoms with Crippen LogP contribution in [0.1, 0.15) is 40.7 Å². The second-order valence-electron chi connectivity index (χ2n) is 9.41. The molecule has 0 saturated carbocycles. The van der Waals surface area contributed by atoms with Gasteiger partial charge >= 0.3 is 6.18 Å². The number of carbonyl (C=O) groups excluding carboxylic acids is 1. The van der Waals surface area contributed by atoms with E-state index in [0.29, 0.717) is 30.0 Å². The zero-order chi connectivity index (χ0) is 26.8. The summed E-state index contributed by atoms with van der Waals surface area (Å²) in [7, 11) is -3.38. The number of amides is 1. The molecule has 1 amide bonds. The second kappa shape index (κ2) is 10.7. The van der Waals surface area contributed by atoms with Crippen LogP contribution in [0, 0.1) is 6.92 Å². The fourth-order valence-corrected chi connectivity index (χ4v) is 5.41. The Bertz CT molecular complexity index is 1370. The molecule has 198 valence electrons. The Morgan fingerprint density at radius 3 is 2.24 bits per heavy atom. The highest BCUT2D eigenvalue weighted by Crippen LogP contribution is 2.39. The van der Waals surface area contributed by atoms with Gasteiger partial charge < -0.3 is 14.8 Å². The fourth-order valence-electron chi connectivity index (χ4n) is 4.78. The third kappa shape index (κ3) is 6.24. The number of nitrogens with zero attached hydrogens (tertiary/aromatic N) is 2. The lowest BCUT2D eigenvalue weighted by Gasteiger charge is -2.27. The van der Waals surface area contributed by atoms with Crippen molar-refractivity contribution in [2.45, 2.75) is 43.8 Å². The van der Waals surface area contributed by atoms with Crippen LogP contribution >= 0.6 is 0 Å². The van der Waals surface area contributed by atoms with E-state index in [1.807, 2.05) is 0 Å². The third-order valence-corrected chi connectivity index (χ3v) is 7.84. The molecule has 10 heteroatoms. The normalized spacial score (nSPS) is 15.1. The van der Waals surface area contributed by atoms with Gasteiger partial charge in [0.1, 0.15) is 0 Å². The lowest BCUT2D eigenvalue weighted by molar-refractivity contribution is -0.137. The summed E-state index contributed by atoms with van der Waals surface area (Å²) in [6, 6.07) is 11.2. The minimum absolute atomic E-state index is 0.0303. The summed E-state index contributed by atoms with van der Waals surface area (Å²) in [5.41, 5.74) is 0.734. The maximum absolute atomic E-state index is 13.9. The number of anilines is 1. The highest BCUT2D eigenvalue weighted by molar-refractivity contribution is 7.90. The van der Waals surface area contributed by atoms with Crippen LogP contribution in [0.4, 0.5) is 18.9 Å². The van der Waals surface area contributed by atoms with Gasteiger partial charge in [0.25, 0.3) is 5.91 Å². The van der Waals surface area contributed by atoms with Crippen molar-refractivity contribution in [1.29, 1.82) is 0 Å². The molecule has 0 bridgehead atoms. The maximum atomic E-state index is 13.9. The van der Waals surface area contributed by atoms with Crippen LogP contribution < -0.4 is 5.32 Å². The molecule has 2 heterocycles. The molecule has 3 aromatic rings. The Kier molecular flexibility index (Phi) is 7.80. The zero-order valence-corrected chi connectivity index (χ0v) is 21.6. The van der Waals surface area contributed by atoms with Gasteiger partial charge in [-0.3, -0.25) is 4.79 Å². The highest BCUT2D eigenvalue weighted by Gasteiger charge is 2.35. The number of rotatable bonds is 7. The van der Waals surface area contributed by atoms with Crippen LogP contribution in [-0.4, -0.2) is 49.7 Å². The first-order chi connectivity index (χ1) is 17.4. The fraction of sp³-hybridized carbons (Fsp3) is 0.370. The molecule has 1 aromatic heterocycles. The number of likely N-dealkylation sites (tertiary alicyclic amines) is 1. The second-order valence-corrected chi connectivity index (χ2v) is 11.4. The zero-order valence-electron chi connectivity index (χ0n) is 20.8. The lowest BCUT2D eigenvalue weighted by atomic mass is 10.00. The van der Waals surface area contributed by atoms with E-state index in [0.717, 1.165) is 38.3 Å². The Labute approximate surface area is 215 Å². The molecule has 0 aliphatic carbocycles. The molecule has 2 aromatic carbocycles. The average molecular weight is 534 g/mol. The summed E-state index contributed by atoms with van der Waals surface area (Å²) in [4.78, 5) is 15.6. The topological polar surface area (TPSA) is 71.4 Å². The SMILES string of the molecule is Cc1c(C(=O)Nc2ccc(S(C)(=O)=O)cc2)cn(CCN2CCCCC2)c1-c1ccccc1C(F)(F)F. The minimum atomic E-state index is -4.55. The van der Waals surface area contributed by atoms with Crippen molar-refractivity contribution in [2.75, 3.05) is 31.2 Å². The molecule has 0 spiro atoms. The quantitative estimate of drug-likeness (QED) is 0.428. The Morgan fingerprint density at radius 1 is 0.973 bits per heavy atom. The van der Waals surface area contributed by atoms with Gasteiger partial charge in [0.2, 0.25) is 0 Å². The average Bonchev–Trinajstić information content (AvgIpc) is 3.18. The molecule has 1 aliphatic rings. The van der Waals surface area contributed by atoms with Crippen molar-refractivity contribution in [1.82, 2.24) is 9.47 Å². The first kappa shape index (κ1) is 26.9. The molecular formula is C27H30F3N3O3S. The van der Waals surface area contributed by atoms with Crippen molar-refractivity contribution in [2.24, 2.45) is 0 Å². The third-order valence-electron chi connectivity index (χ3n) is 6.71. The number of halogens is 3. The first-order valence-electron chi connectivity index (χ1n) is 12.2. The van der Waals surface area contributed by atoms with Gasteiger partial charge in [-0.1, -0.05) is 24.6 Å². The smallest absolute Gasteiger partial charge is 0.345 e. The predicted molar refractivity (Wildman–Crippen MR) is 137 cm³/mol. The van der Waals surface area contributed by atoms with Crippen LogP contribution in [0.15, 0.2) is 59.6 Å². The van der Waals surface area contributed by atoms with Crippen molar-refractivity contribution in [3.63, 3.8) is 0 Å². The van der Waals surface area contributed by atoms with E-state index in [2.05, 4.69) is 10.2 Å². The molecule has 1 aliphatic heterocycles. The van der Waals surface area contributed by atoms with Crippen molar-refractivity contribution in [3.05, 3.63) is 71.4 Å². The number of sulfone groups is 1. The molecular weight excluding hydrogens is 503 g/mol. The molecule has 0 atom stereocenters. The molecule has 0 radical (unpaired) electrons. The predicted octanol–water partition coefficient (Wildman–Crippen LogP) is 5.62. The summed E-state index contributed by atoms with van der Waals surface area (Å²) < 4.78 is 66.9. The summed E-state index contributed by atoms with van der Waals surface area (Å²) in [6.45, 7) is 4.67. The van der Waals surface area contributed by atoms with Gasteiger partial charge in [-0.25, -0.2) is 8.42 Å². The number of alkyl halides is 3. The number of hydrogen-bond acceptors (Lipinski definition) is 4. The first-order valence-corrected chi connectivity index (χ1v) is 14.0. The largest absolute Gasteiger partial charge is 0.417 e. The van der Waals surface area contributed by atoms with Crippen LogP contribution in [0.2, 0.25) is 0 Å². The highest BCUT2D eigenvalue weighted by atomic mass is 32.2. The van der Waals surface area contributed by atoms with Crippen molar-refractivity contribution >= 4 is 21.4 Å². The number of aromatic nitrogens is 1. The lowest BCUT2D eigenvalue weighted by Crippen LogP contribution is -2.32. The van der Waals surface area contributed by atoms with Gasteiger partial charge in [-0.2, -0.15) is 13.2 Å². The van der Waals surface area contributed by atoms with Crippen molar-refractivity contribution < 1.29 is 26.4 Å². The monoisotopic (exact) mass is 533 g/mol. The van der Waals surface area contributed by atoms with E-state index >= 15 is 0 Å². The molecule has 4 rings (SSSR count). The summed E-state index contributed by atoms with van der Waals surface area (Å²) in [5, 5.41) is 2.74. The number of hydrogen-bond donors (Lipinski definition) is 1. The van der Waals surface area contributed by atoms with E-state index in [4.69, 9.17) is 0 Å². The van der Waals surface area contributed by atoms with Crippen molar-refractivity contribution in [3.8, 4) is 11.3 Å². The number of piperidine rings is 1. The van der Waals surface area contributed by atoms with Gasteiger partial charge in [-0.05, 0) is 68.8 Å². The Morgan fingerprint density at radius 2 is 1.62 bits per heavy atom. The van der Waals surface area contributed by atoms with E-state index in [1.54, 1.807) is 23.8 Å². The molecule has 6 nitrogen and oxygen atoms in total. The summed E-state index contributed by atoms with van der Waals surface area (Å²) in [5.74, 6) is -0.480. The number of nitrogens with one attached hydrogen (secondary N) is 1. The maximum Gasteiger partial charge on any atom is 0.417 e. The van der Waals surface area contributed by atoms with E-state index < -0.39 is 27.5 Å². The van der Waals surface area contributed by atoms with Crippen LogP contribution in [0.3, 0.4) is 0 Å². The molecule has 1 saturated heterocycles. The number of carbonyl (C=O) groups is 1. The van der Waals surface area contributed by atoms with Crippen LogP contribution in [0.5, 0.6) is 0 Å². The summed E-state index contributed by atoms with van der Waals surface area (Å²) >= 11 is 0. The van der Waals surface area contributed by atoms with E-state index in [9.17, 15) is 26.4 Å². The van der Waals surface area contributed by atoms with Crippen LogP contribution in [0.25, 0.3) is 11.3 Å². The van der Waals surface area contributed by atoms with Gasteiger partial charge in [0.15, 0.2) is 9.84 Å². The summed E-state index contributed by atoms with van der Waals surface area (Å²) in [6.07, 6.45) is 1.53. The molecule has 0 unspecified atom stereocenters. The van der Waals surface area contributed by atoms with Gasteiger partial charge in [-0.15, -0.1) is 0 Å². The minimum Gasteiger partial charge on any atom is -0.345 e. The Balaban J connectivity index is 1.69. The van der Waals surface area contributed by atoms with Gasteiger partial charge in [0.05, 0.1) is 21.7 Å². The van der Waals surface area contributed by atoms with E-state index in [-0.39, 0.29) is 16.0 Å². The standard InChI is InChI=1S/C27H30F3N3O3S/c1-19-23(26(34)31-20-10-12-21(13-11-20)37(2,35)36)18-33(17-16-32-14-6-3-7-15-32)25(19)22-8-4-5-9-24(22)27(28,29)30/h4-5,8-13,18H,3,6-7,14-17H2,1-2H3,(H,31,34). The Hall–Kier alpha value is -3.11. The van der Waals surface area contributed by atoms with Gasteiger partial charge in [0, 0.05) is 36.8 Å². The molecule has 37 heavy (non-hydrogen) atoms.